The molecule has 0 aliphatic carbocycles. The van der Waals surface area contributed by atoms with Gasteiger partial charge in [0.15, 0.2) is 0 Å². The van der Waals surface area contributed by atoms with Crippen LogP contribution in [0.1, 0.15) is 46.5 Å². The zero-order valence-electron chi connectivity index (χ0n) is 14.7. The number of rotatable bonds is 8. The first kappa shape index (κ1) is 19.4. The van der Waals surface area contributed by atoms with Gasteiger partial charge in [-0.1, -0.05) is 32.1 Å². The van der Waals surface area contributed by atoms with Crippen molar-refractivity contribution in [1.29, 1.82) is 0 Å². The van der Waals surface area contributed by atoms with Crippen molar-refractivity contribution in [3.8, 4) is 0 Å². The topological polar surface area (TPSA) is 61.4 Å². The summed E-state index contributed by atoms with van der Waals surface area (Å²) in [6, 6.07) is -0.212. The smallest absolute Gasteiger partial charge is 0.242 e. The van der Waals surface area contributed by atoms with E-state index in [1.165, 1.54) is 12.5 Å². The van der Waals surface area contributed by atoms with E-state index in [9.17, 15) is 9.59 Å². The van der Waals surface area contributed by atoms with Crippen LogP contribution in [0.4, 0.5) is 0 Å². The van der Waals surface area contributed by atoms with Gasteiger partial charge in [-0.3, -0.25) is 14.5 Å². The molecule has 0 bridgehead atoms. The highest BCUT2D eigenvalue weighted by molar-refractivity contribution is 5.86. The molecule has 1 rings (SSSR count). The lowest BCUT2D eigenvalue weighted by molar-refractivity contribution is -0.129. The molecule has 0 aromatic rings. The van der Waals surface area contributed by atoms with Crippen molar-refractivity contribution in [3.63, 3.8) is 0 Å². The van der Waals surface area contributed by atoms with Gasteiger partial charge >= 0.3 is 0 Å². The number of carbonyl (C=O) groups is 2. The summed E-state index contributed by atoms with van der Waals surface area (Å²) in [7, 11) is 0. The Bertz CT molecular complexity index is 438. The van der Waals surface area contributed by atoms with Gasteiger partial charge < -0.3 is 10.6 Å². The minimum absolute atomic E-state index is 0.0549. The van der Waals surface area contributed by atoms with Crippen molar-refractivity contribution in [2.24, 2.45) is 0 Å². The summed E-state index contributed by atoms with van der Waals surface area (Å²) in [6.07, 6.45) is 7.41. The second-order valence-corrected chi connectivity index (χ2v) is 6.17. The molecule has 1 fully saturated rings. The largest absolute Gasteiger partial charge is 0.351 e. The van der Waals surface area contributed by atoms with Crippen LogP contribution in [0.5, 0.6) is 0 Å². The fourth-order valence-electron chi connectivity index (χ4n) is 2.87. The molecule has 130 valence electrons. The number of nitrogens with zero attached hydrogens (tertiary/aromatic N) is 1. The van der Waals surface area contributed by atoms with E-state index in [-0.39, 0.29) is 17.9 Å². The maximum atomic E-state index is 12.3. The van der Waals surface area contributed by atoms with E-state index < -0.39 is 6.04 Å². The van der Waals surface area contributed by atoms with Gasteiger partial charge in [-0.05, 0) is 31.8 Å². The Labute approximate surface area is 140 Å². The van der Waals surface area contributed by atoms with Gasteiger partial charge in [-0.15, -0.1) is 0 Å². The van der Waals surface area contributed by atoms with Crippen LogP contribution in [0.2, 0.25) is 0 Å². The molecule has 5 heteroatoms. The quantitative estimate of drug-likeness (QED) is 0.672. The maximum absolute atomic E-state index is 12.3. The van der Waals surface area contributed by atoms with Crippen LogP contribution in [0.3, 0.4) is 0 Å². The second-order valence-electron chi connectivity index (χ2n) is 6.17. The Morgan fingerprint density at radius 3 is 2.48 bits per heavy atom. The van der Waals surface area contributed by atoms with E-state index in [1.54, 1.807) is 0 Å². The van der Waals surface area contributed by atoms with Crippen LogP contribution in [0.25, 0.3) is 0 Å². The molecular weight excluding hydrogens is 290 g/mol. The summed E-state index contributed by atoms with van der Waals surface area (Å²) in [6.45, 7) is 12.2. The molecule has 0 spiro atoms. The first-order valence-corrected chi connectivity index (χ1v) is 8.57. The Morgan fingerprint density at radius 2 is 2.00 bits per heavy atom. The highest BCUT2D eigenvalue weighted by atomic mass is 16.2. The van der Waals surface area contributed by atoms with Gasteiger partial charge in [0.25, 0.3) is 0 Å². The number of amides is 2. The molecule has 0 radical (unpaired) electrons. The zero-order chi connectivity index (χ0) is 17.2. The lowest BCUT2D eigenvalue weighted by Crippen LogP contribution is -2.51. The van der Waals surface area contributed by atoms with Crippen molar-refractivity contribution in [3.05, 3.63) is 24.3 Å². The average molecular weight is 321 g/mol. The van der Waals surface area contributed by atoms with Crippen LogP contribution in [0.15, 0.2) is 24.3 Å². The summed E-state index contributed by atoms with van der Waals surface area (Å²) in [5, 5.41) is 5.84. The summed E-state index contributed by atoms with van der Waals surface area (Å²) in [5.74, 6) is -0.211. The third-order valence-corrected chi connectivity index (χ3v) is 4.24. The summed E-state index contributed by atoms with van der Waals surface area (Å²) in [4.78, 5) is 25.9. The van der Waals surface area contributed by atoms with E-state index in [1.807, 2.05) is 19.9 Å². The summed E-state index contributed by atoms with van der Waals surface area (Å²) >= 11 is 0. The normalized spacial score (nSPS) is 18.3. The maximum Gasteiger partial charge on any atom is 0.242 e. The Kier molecular flexibility index (Phi) is 8.62. The SMILES string of the molecule is C=C/C(=C\C)CN1CCC(NC(=O)C(CCC)NC(C)=O)CC1. The highest BCUT2D eigenvalue weighted by Crippen LogP contribution is 2.13. The number of allylic oxidation sites excluding steroid dienone is 1. The molecule has 1 aliphatic heterocycles. The van der Waals surface area contributed by atoms with Crippen LogP contribution < -0.4 is 10.6 Å². The minimum Gasteiger partial charge on any atom is -0.351 e. The molecule has 23 heavy (non-hydrogen) atoms. The number of hydrogen-bond acceptors (Lipinski definition) is 3. The summed E-state index contributed by atoms with van der Waals surface area (Å²) in [5.41, 5.74) is 1.24. The van der Waals surface area contributed by atoms with E-state index >= 15 is 0 Å². The van der Waals surface area contributed by atoms with E-state index in [2.05, 4.69) is 28.2 Å². The molecule has 1 aliphatic rings. The molecule has 0 saturated carbocycles. The van der Waals surface area contributed by atoms with Crippen molar-refractivity contribution < 1.29 is 9.59 Å². The standard InChI is InChI=1S/C18H31N3O2/c1-5-8-17(19-14(4)22)18(23)20-16-9-11-21(12-10-16)13-15(6-2)7-3/h6-7,16-17H,2,5,8-13H2,1,3-4H3,(H,19,22)(H,20,23)/b15-7+. The number of piperidine rings is 1. The monoisotopic (exact) mass is 321 g/mol. The summed E-state index contributed by atoms with van der Waals surface area (Å²) < 4.78 is 0. The van der Waals surface area contributed by atoms with E-state index in [0.717, 1.165) is 38.9 Å². The predicted molar refractivity (Wildman–Crippen MR) is 94.1 cm³/mol. The van der Waals surface area contributed by atoms with Crippen LogP contribution in [-0.2, 0) is 9.59 Å². The third-order valence-electron chi connectivity index (χ3n) is 4.24. The van der Waals surface area contributed by atoms with Gasteiger partial charge in [-0.25, -0.2) is 0 Å². The van der Waals surface area contributed by atoms with Crippen LogP contribution in [0, 0.1) is 0 Å². The Hall–Kier alpha value is -1.62. The van der Waals surface area contributed by atoms with Crippen LogP contribution in [-0.4, -0.2) is 48.4 Å². The third kappa shape index (κ3) is 6.99. The van der Waals surface area contributed by atoms with Crippen molar-refractivity contribution in [2.45, 2.75) is 58.5 Å². The highest BCUT2D eigenvalue weighted by Gasteiger charge is 2.24. The fraction of sp³-hybridized carbons (Fsp3) is 0.667. The van der Waals surface area contributed by atoms with Gasteiger partial charge in [0.2, 0.25) is 11.8 Å². The molecule has 2 amide bonds. The number of nitrogens with one attached hydrogen (secondary N) is 2. The predicted octanol–water partition coefficient (Wildman–Crippen LogP) is 2.00. The van der Waals surface area contributed by atoms with Gasteiger partial charge in [0, 0.05) is 32.6 Å². The molecule has 0 aromatic heterocycles. The van der Waals surface area contributed by atoms with Crippen molar-refractivity contribution in [2.75, 3.05) is 19.6 Å². The van der Waals surface area contributed by atoms with Crippen LogP contribution >= 0.6 is 0 Å². The lowest BCUT2D eigenvalue weighted by atomic mass is 10.0. The zero-order valence-corrected chi connectivity index (χ0v) is 14.7. The van der Waals surface area contributed by atoms with Gasteiger partial charge in [-0.2, -0.15) is 0 Å². The molecule has 1 atom stereocenters. The first-order valence-electron chi connectivity index (χ1n) is 8.57. The number of likely N-dealkylation sites (tertiary alicyclic amines) is 1. The molecule has 5 nitrogen and oxygen atoms in total. The number of hydrogen-bond donors (Lipinski definition) is 2. The first-order chi connectivity index (χ1) is 11.0. The van der Waals surface area contributed by atoms with Gasteiger partial charge in [0.1, 0.15) is 6.04 Å². The molecular formula is C18H31N3O2. The molecule has 1 unspecified atom stereocenters. The lowest BCUT2D eigenvalue weighted by Gasteiger charge is -2.33. The number of carbonyl (C=O) groups excluding carboxylic acids is 2. The Balaban J connectivity index is 2.43. The molecule has 2 N–H and O–H groups in total. The Morgan fingerprint density at radius 1 is 1.35 bits per heavy atom. The van der Waals surface area contributed by atoms with Crippen molar-refractivity contribution in [1.82, 2.24) is 15.5 Å². The van der Waals surface area contributed by atoms with Crippen molar-refractivity contribution >= 4 is 11.8 Å². The minimum atomic E-state index is -0.411. The van der Waals surface area contributed by atoms with Gasteiger partial charge in [0.05, 0.1) is 0 Å². The second kappa shape index (κ2) is 10.2. The van der Waals surface area contributed by atoms with E-state index in [0.29, 0.717) is 6.42 Å². The molecule has 1 heterocycles. The fourth-order valence-corrected chi connectivity index (χ4v) is 2.87. The molecule has 0 aromatic carbocycles. The molecule has 1 saturated heterocycles. The average Bonchev–Trinajstić information content (AvgIpc) is 2.53. The van der Waals surface area contributed by atoms with E-state index in [4.69, 9.17) is 0 Å².